The Labute approximate surface area is 104 Å². The number of aliphatic imine (C=N–C) groups is 1. The smallest absolute Gasteiger partial charge is 0.341 e. The molecule has 1 aromatic carbocycles. The van der Waals surface area contributed by atoms with E-state index in [1.165, 1.54) is 0 Å². The lowest BCUT2D eigenvalue weighted by Crippen LogP contribution is -2.45. The number of carbonyl (C=O) groups is 1. The zero-order valence-corrected chi connectivity index (χ0v) is 9.80. The molecule has 2 unspecified atom stereocenters. The van der Waals surface area contributed by atoms with Gasteiger partial charge in [0.2, 0.25) is 0 Å². The largest absolute Gasteiger partial charge is 0.508 e. The molecule has 3 rings (SSSR count). The van der Waals surface area contributed by atoms with Crippen LogP contribution in [0.5, 0.6) is 5.75 Å². The van der Waals surface area contributed by atoms with Crippen molar-refractivity contribution < 1.29 is 14.6 Å². The maximum atomic E-state index is 11.6. The SMILES string of the molecule is O=C1N=C2CCOCC2C(c2cccc(O)c2)N1. The van der Waals surface area contributed by atoms with Crippen LogP contribution in [0.2, 0.25) is 0 Å². The van der Waals surface area contributed by atoms with Gasteiger partial charge in [-0.15, -0.1) is 0 Å². The normalized spacial score (nSPS) is 27.1. The Kier molecular flexibility index (Phi) is 2.76. The molecule has 2 aliphatic rings. The third-order valence-electron chi connectivity index (χ3n) is 3.38. The van der Waals surface area contributed by atoms with Crippen LogP contribution in [0.25, 0.3) is 0 Å². The minimum Gasteiger partial charge on any atom is -0.508 e. The van der Waals surface area contributed by atoms with Gasteiger partial charge in [0, 0.05) is 18.1 Å². The van der Waals surface area contributed by atoms with Crippen molar-refractivity contribution in [1.82, 2.24) is 5.32 Å². The van der Waals surface area contributed by atoms with E-state index >= 15 is 0 Å². The van der Waals surface area contributed by atoms with Gasteiger partial charge in [-0.05, 0) is 17.7 Å². The molecule has 2 heterocycles. The topological polar surface area (TPSA) is 70.9 Å². The number of fused-ring (bicyclic) bond motifs is 1. The Balaban J connectivity index is 1.96. The Morgan fingerprint density at radius 2 is 2.33 bits per heavy atom. The summed E-state index contributed by atoms with van der Waals surface area (Å²) in [6.45, 7) is 1.18. The molecule has 5 nitrogen and oxygen atoms in total. The zero-order valence-electron chi connectivity index (χ0n) is 9.80. The van der Waals surface area contributed by atoms with E-state index in [4.69, 9.17) is 4.74 Å². The van der Waals surface area contributed by atoms with Crippen LogP contribution < -0.4 is 5.32 Å². The van der Waals surface area contributed by atoms with E-state index in [-0.39, 0.29) is 23.7 Å². The van der Waals surface area contributed by atoms with E-state index in [1.54, 1.807) is 18.2 Å². The van der Waals surface area contributed by atoms with Crippen LogP contribution in [0.1, 0.15) is 18.0 Å². The first-order valence-corrected chi connectivity index (χ1v) is 5.98. The second-order valence-corrected chi connectivity index (χ2v) is 4.56. The number of benzene rings is 1. The fraction of sp³-hybridized carbons (Fsp3) is 0.385. The van der Waals surface area contributed by atoms with Gasteiger partial charge < -0.3 is 15.2 Å². The lowest BCUT2D eigenvalue weighted by Gasteiger charge is -2.35. The van der Waals surface area contributed by atoms with Crippen LogP contribution in [0.15, 0.2) is 29.3 Å². The van der Waals surface area contributed by atoms with Crippen LogP contribution >= 0.6 is 0 Å². The van der Waals surface area contributed by atoms with Gasteiger partial charge in [0.1, 0.15) is 5.75 Å². The summed E-state index contributed by atoms with van der Waals surface area (Å²) in [5.74, 6) is 0.265. The van der Waals surface area contributed by atoms with E-state index in [0.717, 1.165) is 11.3 Å². The molecule has 2 N–H and O–H groups in total. The highest BCUT2D eigenvalue weighted by Crippen LogP contribution is 2.31. The molecule has 0 saturated carbocycles. The molecule has 1 aromatic rings. The number of phenolic OH excluding ortho intramolecular Hbond substituents is 1. The number of amides is 2. The molecule has 94 valence electrons. The Morgan fingerprint density at radius 3 is 3.17 bits per heavy atom. The molecular weight excluding hydrogens is 232 g/mol. The molecular formula is C13H14N2O3. The molecule has 5 heteroatoms. The molecule has 2 atom stereocenters. The van der Waals surface area contributed by atoms with E-state index in [0.29, 0.717) is 19.6 Å². The van der Waals surface area contributed by atoms with Crippen molar-refractivity contribution in [3.63, 3.8) is 0 Å². The van der Waals surface area contributed by atoms with E-state index in [9.17, 15) is 9.90 Å². The lowest BCUT2D eigenvalue weighted by molar-refractivity contribution is 0.0916. The highest BCUT2D eigenvalue weighted by atomic mass is 16.5. The van der Waals surface area contributed by atoms with Gasteiger partial charge in [0.15, 0.2) is 0 Å². The first-order valence-electron chi connectivity index (χ1n) is 5.98. The number of aromatic hydroxyl groups is 1. The quantitative estimate of drug-likeness (QED) is 0.791. The predicted octanol–water partition coefficient (Wildman–Crippen LogP) is 1.63. The zero-order chi connectivity index (χ0) is 12.5. The number of hydrogen-bond acceptors (Lipinski definition) is 3. The Morgan fingerprint density at radius 1 is 1.44 bits per heavy atom. The summed E-state index contributed by atoms with van der Waals surface area (Å²) in [5, 5.41) is 12.4. The van der Waals surface area contributed by atoms with Crippen LogP contribution in [0.3, 0.4) is 0 Å². The highest BCUT2D eigenvalue weighted by molar-refractivity contribution is 6.00. The average molecular weight is 246 g/mol. The van der Waals surface area contributed by atoms with Crippen LogP contribution in [0, 0.1) is 5.92 Å². The minimum atomic E-state index is -0.309. The number of ether oxygens (including phenoxy) is 1. The second-order valence-electron chi connectivity index (χ2n) is 4.56. The van der Waals surface area contributed by atoms with Crippen molar-refractivity contribution in [2.24, 2.45) is 10.9 Å². The summed E-state index contributed by atoms with van der Waals surface area (Å²) in [7, 11) is 0. The van der Waals surface area contributed by atoms with E-state index in [2.05, 4.69) is 10.3 Å². The van der Waals surface area contributed by atoms with Crippen molar-refractivity contribution in [1.29, 1.82) is 0 Å². The van der Waals surface area contributed by atoms with E-state index in [1.807, 2.05) is 6.07 Å². The maximum Gasteiger partial charge on any atom is 0.341 e. The lowest BCUT2D eigenvalue weighted by atomic mass is 9.86. The monoisotopic (exact) mass is 246 g/mol. The predicted molar refractivity (Wildman–Crippen MR) is 65.7 cm³/mol. The highest BCUT2D eigenvalue weighted by Gasteiger charge is 2.35. The summed E-state index contributed by atoms with van der Waals surface area (Å²) in [5.41, 5.74) is 1.78. The average Bonchev–Trinajstić information content (AvgIpc) is 2.37. The van der Waals surface area contributed by atoms with Crippen molar-refractivity contribution in [2.45, 2.75) is 12.5 Å². The first kappa shape index (κ1) is 11.2. The van der Waals surface area contributed by atoms with Crippen molar-refractivity contribution in [3.8, 4) is 5.75 Å². The molecule has 0 aliphatic carbocycles. The minimum absolute atomic E-state index is 0.0678. The standard InChI is InChI=1S/C13H14N2O3/c16-9-3-1-2-8(6-9)12-10-7-18-5-4-11(10)14-13(17)15-12/h1-3,6,10,12,16H,4-5,7H2,(H,15,17). The second kappa shape index (κ2) is 4.42. The molecule has 0 aromatic heterocycles. The van der Waals surface area contributed by atoms with Gasteiger partial charge >= 0.3 is 6.03 Å². The first-order chi connectivity index (χ1) is 8.74. The Hall–Kier alpha value is -1.88. The third-order valence-corrected chi connectivity index (χ3v) is 3.38. The maximum absolute atomic E-state index is 11.6. The molecule has 18 heavy (non-hydrogen) atoms. The number of urea groups is 1. The number of rotatable bonds is 1. The molecule has 2 aliphatic heterocycles. The molecule has 0 bridgehead atoms. The Bertz CT molecular complexity index is 513. The molecule has 0 spiro atoms. The third kappa shape index (κ3) is 1.97. The van der Waals surface area contributed by atoms with Gasteiger partial charge in [0.25, 0.3) is 0 Å². The molecule has 1 fully saturated rings. The van der Waals surface area contributed by atoms with Gasteiger partial charge in [-0.25, -0.2) is 9.79 Å². The van der Waals surface area contributed by atoms with Crippen LogP contribution in [0.4, 0.5) is 4.79 Å². The van der Waals surface area contributed by atoms with Crippen molar-refractivity contribution in [2.75, 3.05) is 13.2 Å². The van der Waals surface area contributed by atoms with Crippen molar-refractivity contribution in [3.05, 3.63) is 29.8 Å². The molecule has 1 saturated heterocycles. The molecule has 0 radical (unpaired) electrons. The number of carbonyl (C=O) groups excluding carboxylic acids is 1. The van der Waals surface area contributed by atoms with Gasteiger partial charge in [-0.2, -0.15) is 0 Å². The van der Waals surface area contributed by atoms with Gasteiger partial charge in [0.05, 0.1) is 19.3 Å². The molecule has 2 amide bonds. The number of hydrogen-bond donors (Lipinski definition) is 2. The van der Waals surface area contributed by atoms with Crippen LogP contribution in [-0.2, 0) is 4.74 Å². The fourth-order valence-electron chi connectivity index (χ4n) is 2.53. The number of nitrogens with zero attached hydrogens (tertiary/aromatic N) is 1. The summed E-state index contributed by atoms with van der Waals surface area (Å²) in [6.07, 6.45) is 0.702. The fourth-order valence-corrected chi connectivity index (χ4v) is 2.53. The number of phenols is 1. The summed E-state index contributed by atoms with van der Waals surface area (Å²) < 4.78 is 5.46. The van der Waals surface area contributed by atoms with Gasteiger partial charge in [-0.1, -0.05) is 12.1 Å². The number of nitrogens with one attached hydrogen (secondary N) is 1. The summed E-state index contributed by atoms with van der Waals surface area (Å²) in [6, 6.07) is 6.46. The summed E-state index contributed by atoms with van der Waals surface area (Å²) in [4.78, 5) is 15.6. The summed E-state index contributed by atoms with van der Waals surface area (Å²) >= 11 is 0. The van der Waals surface area contributed by atoms with Crippen molar-refractivity contribution >= 4 is 11.7 Å². The van der Waals surface area contributed by atoms with Crippen LogP contribution in [-0.4, -0.2) is 30.1 Å². The van der Waals surface area contributed by atoms with Gasteiger partial charge in [-0.3, -0.25) is 0 Å². The van der Waals surface area contributed by atoms with E-state index < -0.39 is 0 Å².